The number of methoxy groups -OCH3 is 1. The van der Waals surface area contributed by atoms with Crippen molar-refractivity contribution in [2.75, 3.05) is 7.11 Å². The summed E-state index contributed by atoms with van der Waals surface area (Å²) in [5.41, 5.74) is 0.872. The molecule has 114 valence electrons. The van der Waals surface area contributed by atoms with Gasteiger partial charge >= 0.3 is 0 Å². The summed E-state index contributed by atoms with van der Waals surface area (Å²) in [7, 11) is 1.44. The van der Waals surface area contributed by atoms with Crippen LogP contribution in [0.4, 0.5) is 0 Å². The first kappa shape index (κ1) is 17.2. The van der Waals surface area contributed by atoms with E-state index >= 15 is 0 Å². The van der Waals surface area contributed by atoms with Gasteiger partial charge in [-0.05, 0) is 18.2 Å². The second-order valence-electron chi connectivity index (χ2n) is 4.05. The predicted octanol–water partition coefficient (Wildman–Crippen LogP) is 5.61. The van der Waals surface area contributed by atoms with Gasteiger partial charge in [0.25, 0.3) is 0 Å². The lowest BCUT2D eigenvalue weighted by Crippen LogP contribution is -1.98. The first-order valence-electron chi connectivity index (χ1n) is 5.86. The van der Waals surface area contributed by atoms with E-state index in [2.05, 4.69) is 20.9 Å². The number of aromatic nitrogens is 1. The molecule has 0 bridgehead atoms. The van der Waals surface area contributed by atoms with Crippen LogP contribution in [0.25, 0.3) is 0 Å². The second kappa shape index (κ2) is 7.38. The molecular formula is C14H8BrCl3N2O2. The van der Waals surface area contributed by atoms with E-state index in [9.17, 15) is 0 Å². The molecule has 1 aromatic carbocycles. The Labute approximate surface area is 150 Å². The summed E-state index contributed by atoms with van der Waals surface area (Å²) in [6.45, 7) is 0. The van der Waals surface area contributed by atoms with Crippen molar-refractivity contribution in [2.45, 2.75) is 5.33 Å². The topological polar surface area (TPSA) is 55.1 Å². The summed E-state index contributed by atoms with van der Waals surface area (Å²) in [4.78, 5) is 4.17. The number of rotatable bonds is 4. The number of nitriles is 1. The van der Waals surface area contributed by atoms with Gasteiger partial charge in [-0.2, -0.15) is 5.26 Å². The predicted molar refractivity (Wildman–Crippen MR) is 89.7 cm³/mol. The van der Waals surface area contributed by atoms with E-state index in [0.717, 1.165) is 0 Å². The average Bonchev–Trinajstić information content (AvgIpc) is 2.51. The molecule has 2 aromatic rings. The molecule has 1 aromatic heterocycles. The normalized spacial score (nSPS) is 10.2. The van der Waals surface area contributed by atoms with E-state index in [-0.39, 0.29) is 21.7 Å². The molecule has 0 aliphatic heterocycles. The molecule has 0 fully saturated rings. The SMILES string of the molecule is COc1nc(CBr)c(Cl)c(Oc2cc(Cl)cc(C#N)c2)c1Cl. The summed E-state index contributed by atoms with van der Waals surface area (Å²) in [5, 5.41) is 10.1. The first-order valence-corrected chi connectivity index (χ1v) is 8.12. The number of benzene rings is 1. The number of pyridine rings is 1. The highest BCUT2D eigenvalue weighted by Crippen LogP contribution is 2.43. The lowest BCUT2D eigenvalue weighted by molar-refractivity contribution is 0.391. The van der Waals surface area contributed by atoms with Crippen LogP contribution in [0.5, 0.6) is 17.4 Å². The molecule has 22 heavy (non-hydrogen) atoms. The fourth-order valence-corrected chi connectivity index (χ4v) is 3.00. The Kier molecular flexibility index (Phi) is 5.76. The van der Waals surface area contributed by atoms with Gasteiger partial charge in [0.2, 0.25) is 5.88 Å². The van der Waals surface area contributed by atoms with Crippen LogP contribution in [0.15, 0.2) is 18.2 Å². The van der Waals surface area contributed by atoms with E-state index < -0.39 is 0 Å². The molecule has 0 radical (unpaired) electrons. The van der Waals surface area contributed by atoms with Crippen LogP contribution in [0, 0.1) is 11.3 Å². The van der Waals surface area contributed by atoms with Gasteiger partial charge in [0, 0.05) is 10.4 Å². The highest BCUT2D eigenvalue weighted by Gasteiger charge is 2.20. The lowest BCUT2D eigenvalue weighted by Gasteiger charge is -2.14. The quantitative estimate of drug-likeness (QED) is 0.601. The summed E-state index contributed by atoms with van der Waals surface area (Å²) < 4.78 is 10.8. The Morgan fingerprint density at radius 1 is 1.23 bits per heavy atom. The van der Waals surface area contributed by atoms with Crippen molar-refractivity contribution in [3.63, 3.8) is 0 Å². The smallest absolute Gasteiger partial charge is 0.236 e. The molecule has 0 saturated heterocycles. The Morgan fingerprint density at radius 2 is 1.95 bits per heavy atom. The zero-order valence-corrected chi connectivity index (χ0v) is 15.0. The van der Waals surface area contributed by atoms with E-state index in [1.54, 1.807) is 6.07 Å². The number of nitrogens with zero attached hydrogens (tertiary/aromatic N) is 2. The minimum atomic E-state index is 0.135. The van der Waals surface area contributed by atoms with E-state index in [1.165, 1.54) is 19.2 Å². The highest BCUT2D eigenvalue weighted by atomic mass is 79.9. The summed E-state index contributed by atoms with van der Waals surface area (Å²) in [6.07, 6.45) is 0. The molecule has 0 amide bonds. The van der Waals surface area contributed by atoms with Crippen molar-refractivity contribution in [3.05, 3.63) is 44.5 Å². The minimum Gasteiger partial charge on any atom is -0.480 e. The van der Waals surface area contributed by atoms with Gasteiger partial charge in [-0.1, -0.05) is 50.7 Å². The third-order valence-corrected chi connectivity index (χ3v) is 4.09. The van der Waals surface area contributed by atoms with Gasteiger partial charge in [-0.25, -0.2) is 4.98 Å². The van der Waals surface area contributed by atoms with E-state index in [4.69, 9.17) is 49.5 Å². The number of ether oxygens (including phenoxy) is 2. The Balaban J connectivity index is 2.54. The zero-order chi connectivity index (χ0) is 16.3. The molecule has 0 aliphatic rings. The van der Waals surface area contributed by atoms with Crippen molar-refractivity contribution < 1.29 is 9.47 Å². The Bertz CT molecular complexity index is 734. The van der Waals surface area contributed by atoms with Crippen LogP contribution >= 0.6 is 50.7 Å². The summed E-state index contributed by atoms with van der Waals surface area (Å²) >= 11 is 21.7. The average molecular weight is 422 g/mol. The maximum Gasteiger partial charge on any atom is 0.236 e. The Hall–Kier alpha value is -1.19. The van der Waals surface area contributed by atoms with Crippen LogP contribution in [0.2, 0.25) is 15.1 Å². The molecule has 8 heteroatoms. The maximum atomic E-state index is 8.97. The lowest BCUT2D eigenvalue weighted by atomic mass is 10.2. The first-order chi connectivity index (χ1) is 10.5. The molecule has 0 atom stereocenters. The monoisotopic (exact) mass is 420 g/mol. The molecule has 0 spiro atoms. The standard InChI is InChI=1S/C14H8BrCl3N2O2/c1-21-14-12(18)13(11(17)10(5-15)20-14)22-9-3-7(6-19)2-8(16)4-9/h2-4H,5H2,1H3. The number of hydrogen-bond donors (Lipinski definition) is 0. The fraction of sp³-hybridized carbons (Fsp3) is 0.143. The minimum absolute atomic E-state index is 0.135. The van der Waals surface area contributed by atoms with E-state index in [1.807, 2.05) is 6.07 Å². The van der Waals surface area contributed by atoms with Crippen molar-refractivity contribution >= 4 is 50.7 Å². The number of halogens is 4. The van der Waals surface area contributed by atoms with Gasteiger partial charge < -0.3 is 9.47 Å². The third kappa shape index (κ3) is 3.58. The molecule has 2 rings (SSSR count). The van der Waals surface area contributed by atoms with Crippen LogP contribution in [-0.2, 0) is 5.33 Å². The largest absolute Gasteiger partial charge is 0.480 e. The van der Waals surface area contributed by atoms with Gasteiger partial charge in [-0.15, -0.1) is 0 Å². The molecule has 4 nitrogen and oxygen atoms in total. The van der Waals surface area contributed by atoms with Crippen LogP contribution in [0.1, 0.15) is 11.3 Å². The molecule has 0 aliphatic carbocycles. The van der Waals surface area contributed by atoms with Crippen molar-refractivity contribution in [2.24, 2.45) is 0 Å². The van der Waals surface area contributed by atoms with Crippen LogP contribution in [-0.4, -0.2) is 12.1 Å². The fourth-order valence-electron chi connectivity index (χ4n) is 1.66. The van der Waals surface area contributed by atoms with Gasteiger partial charge in [0.05, 0.1) is 24.4 Å². The molecule has 0 unspecified atom stereocenters. The van der Waals surface area contributed by atoms with Crippen LogP contribution < -0.4 is 9.47 Å². The highest BCUT2D eigenvalue weighted by molar-refractivity contribution is 9.08. The van der Waals surface area contributed by atoms with Crippen LogP contribution in [0.3, 0.4) is 0 Å². The molecular weight excluding hydrogens is 414 g/mol. The third-order valence-electron chi connectivity index (χ3n) is 2.62. The molecule has 1 heterocycles. The van der Waals surface area contributed by atoms with Crippen molar-refractivity contribution in [1.82, 2.24) is 4.98 Å². The van der Waals surface area contributed by atoms with Crippen molar-refractivity contribution in [1.29, 1.82) is 5.26 Å². The summed E-state index contributed by atoms with van der Waals surface area (Å²) in [6, 6.07) is 6.59. The molecule has 0 saturated carbocycles. The van der Waals surface area contributed by atoms with Crippen molar-refractivity contribution in [3.8, 4) is 23.4 Å². The number of alkyl halides is 1. The second-order valence-corrected chi connectivity index (χ2v) is 5.80. The van der Waals surface area contributed by atoms with Gasteiger partial charge in [0.15, 0.2) is 5.75 Å². The van der Waals surface area contributed by atoms with E-state index in [0.29, 0.717) is 27.4 Å². The number of hydrogen-bond acceptors (Lipinski definition) is 4. The van der Waals surface area contributed by atoms with Gasteiger partial charge in [0.1, 0.15) is 15.8 Å². The molecule has 0 N–H and O–H groups in total. The zero-order valence-electron chi connectivity index (χ0n) is 11.2. The van der Waals surface area contributed by atoms with Gasteiger partial charge in [-0.3, -0.25) is 0 Å². The Morgan fingerprint density at radius 3 is 2.55 bits per heavy atom. The summed E-state index contributed by atoms with van der Waals surface area (Å²) in [5.74, 6) is 0.718. The maximum absolute atomic E-state index is 8.97.